The van der Waals surface area contributed by atoms with Crippen LogP contribution in [0.1, 0.15) is 59.6 Å². The van der Waals surface area contributed by atoms with Gasteiger partial charge in [0.15, 0.2) is 0 Å². The van der Waals surface area contributed by atoms with Crippen molar-refractivity contribution in [1.82, 2.24) is 9.88 Å². The normalized spacial score (nSPS) is 16.0. The lowest BCUT2D eigenvalue weighted by Crippen LogP contribution is -2.17. The standard InChI is InChI=1S/C22H28N2O2/c1-24(2)16-14-20(21-9-5-6-15-23-21)17-10-12-18(13-11-17)22(25)26-19-7-3-4-8-19/h5-6,9-13,15,19-20H,3-4,7-8,14,16H2,1-2H3. The summed E-state index contributed by atoms with van der Waals surface area (Å²) in [4.78, 5) is 19.1. The van der Waals surface area contributed by atoms with E-state index in [9.17, 15) is 4.79 Å². The summed E-state index contributed by atoms with van der Waals surface area (Å²) in [7, 11) is 4.16. The topological polar surface area (TPSA) is 42.4 Å². The lowest BCUT2D eigenvalue weighted by molar-refractivity contribution is 0.0318. The van der Waals surface area contributed by atoms with Crippen LogP contribution in [0.4, 0.5) is 0 Å². The van der Waals surface area contributed by atoms with Crippen LogP contribution < -0.4 is 0 Å². The molecule has 0 amide bonds. The first-order valence-electron chi connectivity index (χ1n) is 9.50. The highest BCUT2D eigenvalue weighted by Gasteiger charge is 2.21. The second-order valence-corrected chi connectivity index (χ2v) is 7.33. The molecule has 0 radical (unpaired) electrons. The predicted molar refractivity (Wildman–Crippen MR) is 103 cm³/mol. The molecule has 26 heavy (non-hydrogen) atoms. The van der Waals surface area contributed by atoms with Gasteiger partial charge >= 0.3 is 5.97 Å². The fourth-order valence-corrected chi connectivity index (χ4v) is 3.53. The Morgan fingerprint density at radius 3 is 2.50 bits per heavy atom. The molecule has 1 unspecified atom stereocenters. The van der Waals surface area contributed by atoms with Crippen LogP contribution in [0.15, 0.2) is 48.7 Å². The number of nitrogens with zero attached hydrogens (tertiary/aromatic N) is 2. The molecule has 1 aromatic carbocycles. The van der Waals surface area contributed by atoms with Crippen LogP contribution in [-0.4, -0.2) is 42.6 Å². The Kier molecular flexibility index (Phi) is 6.40. The molecule has 2 aromatic rings. The minimum Gasteiger partial charge on any atom is -0.459 e. The first kappa shape index (κ1) is 18.6. The number of rotatable bonds is 7. The Morgan fingerprint density at radius 2 is 1.88 bits per heavy atom. The van der Waals surface area contributed by atoms with Crippen molar-refractivity contribution in [2.75, 3.05) is 20.6 Å². The molecule has 4 nitrogen and oxygen atoms in total. The van der Waals surface area contributed by atoms with Crippen molar-refractivity contribution in [3.8, 4) is 0 Å². The highest BCUT2D eigenvalue weighted by Crippen LogP contribution is 2.27. The van der Waals surface area contributed by atoms with Gasteiger partial charge in [-0.3, -0.25) is 4.98 Å². The molecule has 0 N–H and O–H groups in total. The monoisotopic (exact) mass is 352 g/mol. The Bertz CT molecular complexity index is 692. The third kappa shape index (κ3) is 4.92. The average molecular weight is 352 g/mol. The van der Waals surface area contributed by atoms with Gasteiger partial charge in [-0.2, -0.15) is 0 Å². The number of aromatic nitrogens is 1. The van der Waals surface area contributed by atoms with Crippen molar-refractivity contribution in [2.45, 2.75) is 44.1 Å². The molecule has 0 saturated heterocycles. The van der Waals surface area contributed by atoms with E-state index < -0.39 is 0 Å². The molecule has 0 spiro atoms. The molecule has 4 heteroatoms. The molecule has 138 valence electrons. The molecule has 1 aromatic heterocycles. The molecule has 0 bridgehead atoms. The van der Waals surface area contributed by atoms with Gasteiger partial charge in [0.25, 0.3) is 0 Å². The Balaban J connectivity index is 1.73. The van der Waals surface area contributed by atoms with Gasteiger partial charge in [0, 0.05) is 17.8 Å². The van der Waals surface area contributed by atoms with Crippen LogP contribution in [0, 0.1) is 0 Å². The van der Waals surface area contributed by atoms with Crippen molar-refractivity contribution >= 4 is 5.97 Å². The van der Waals surface area contributed by atoms with Gasteiger partial charge in [0.2, 0.25) is 0 Å². The molecule has 3 rings (SSSR count). The van der Waals surface area contributed by atoms with Gasteiger partial charge in [-0.15, -0.1) is 0 Å². The van der Waals surface area contributed by atoms with Crippen molar-refractivity contribution in [3.63, 3.8) is 0 Å². The summed E-state index contributed by atoms with van der Waals surface area (Å²) in [5, 5.41) is 0. The van der Waals surface area contributed by atoms with Gasteiger partial charge in [-0.25, -0.2) is 4.79 Å². The van der Waals surface area contributed by atoms with Gasteiger partial charge in [-0.05, 0) is 82.6 Å². The van der Waals surface area contributed by atoms with Crippen LogP contribution in [0.2, 0.25) is 0 Å². The van der Waals surface area contributed by atoms with Gasteiger partial charge in [0.1, 0.15) is 6.10 Å². The van der Waals surface area contributed by atoms with E-state index in [1.54, 1.807) is 0 Å². The molecule has 1 saturated carbocycles. The fraction of sp³-hybridized carbons (Fsp3) is 0.455. The number of hydrogen-bond acceptors (Lipinski definition) is 4. The van der Waals surface area contributed by atoms with Crippen LogP contribution in [0.25, 0.3) is 0 Å². The van der Waals surface area contributed by atoms with Gasteiger partial charge < -0.3 is 9.64 Å². The Morgan fingerprint density at radius 1 is 1.15 bits per heavy atom. The average Bonchev–Trinajstić information content (AvgIpc) is 3.16. The summed E-state index contributed by atoms with van der Waals surface area (Å²) in [6.45, 7) is 0.979. The molecule has 1 atom stereocenters. The summed E-state index contributed by atoms with van der Waals surface area (Å²) in [6, 6.07) is 13.9. The molecule has 0 aliphatic heterocycles. The number of hydrogen-bond donors (Lipinski definition) is 0. The third-order valence-corrected chi connectivity index (χ3v) is 5.03. The van der Waals surface area contributed by atoms with Crippen LogP contribution in [0.5, 0.6) is 0 Å². The number of carbonyl (C=O) groups excluding carboxylic acids is 1. The largest absolute Gasteiger partial charge is 0.459 e. The molecular weight excluding hydrogens is 324 g/mol. The fourth-order valence-electron chi connectivity index (χ4n) is 3.53. The maximum Gasteiger partial charge on any atom is 0.338 e. The Labute approximate surface area is 156 Å². The van der Waals surface area contributed by atoms with Crippen molar-refractivity contribution in [2.24, 2.45) is 0 Å². The molecular formula is C22H28N2O2. The lowest BCUT2D eigenvalue weighted by Gasteiger charge is -2.20. The highest BCUT2D eigenvalue weighted by atomic mass is 16.5. The first-order valence-corrected chi connectivity index (χ1v) is 9.50. The maximum absolute atomic E-state index is 12.3. The van der Waals surface area contributed by atoms with E-state index in [1.807, 2.05) is 42.6 Å². The lowest BCUT2D eigenvalue weighted by atomic mass is 9.91. The van der Waals surface area contributed by atoms with Crippen molar-refractivity contribution in [1.29, 1.82) is 0 Å². The van der Waals surface area contributed by atoms with Crippen molar-refractivity contribution in [3.05, 3.63) is 65.5 Å². The van der Waals surface area contributed by atoms with E-state index in [4.69, 9.17) is 4.74 Å². The predicted octanol–water partition coefficient (Wildman–Crippen LogP) is 4.26. The highest BCUT2D eigenvalue weighted by molar-refractivity contribution is 5.89. The van der Waals surface area contributed by atoms with E-state index in [0.717, 1.165) is 44.3 Å². The summed E-state index contributed by atoms with van der Waals surface area (Å²) in [5.74, 6) is 0.0182. The van der Waals surface area contributed by atoms with Gasteiger partial charge in [-0.1, -0.05) is 18.2 Å². The van der Waals surface area contributed by atoms with Crippen LogP contribution in [-0.2, 0) is 4.74 Å². The summed E-state index contributed by atoms with van der Waals surface area (Å²) >= 11 is 0. The van der Waals surface area contributed by atoms with E-state index in [-0.39, 0.29) is 18.0 Å². The second-order valence-electron chi connectivity index (χ2n) is 7.33. The van der Waals surface area contributed by atoms with Crippen LogP contribution in [0.3, 0.4) is 0 Å². The third-order valence-electron chi connectivity index (χ3n) is 5.03. The summed E-state index contributed by atoms with van der Waals surface area (Å²) in [6.07, 6.45) is 7.24. The number of ether oxygens (including phenoxy) is 1. The van der Waals surface area contributed by atoms with E-state index in [0.29, 0.717) is 5.56 Å². The van der Waals surface area contributed by atoms with Crippen molar-refractivity contribution < 1.29 is 9.53 Å². The SMILES string of the molecule is CN(C)CCC(c1ccc(C(=O)OC2CCCC2)cc1)c1ccccn1. The Hall–Kier alpha value is -2.20. The van der Waals surface area contributed by atoms with Gasteiger partial charge in [0.05, 0.1) is 5.56 Å². The zero-order valence-electron chi connectivity index (χ0n) is 15.7. The maximum atomic E-state index is 12.3. The quantitative estimate of drug-likeness (QED) is 0.698. The van der Waals surface area contributed by atoms with E-state index in [1.165, 1.54) is 5.56 Å². The minimum absolute atomic E-state index is 0.100. The van der Waals surface area contributed by atoms with E-state index in [2.05, 4.69) is 30.0 Å². The molecule has 1 fully saturated rings. The zero-order chi connectivity index (χ0) is 18.4. The summed E-state index contributed by atoms with van der Waals surface area (Å²) in [5.41, 5.74) is 2.88. The summed E-state index contributed by atoms with van der Waals surface area (Å²) < 4.78 is 5.60. The zero-order valence-corrected chi connectivity index (χ0v) is 15.7. The van der Waals surface area contributed by atoms with E-state index >= 15 is 0 Å². The second kappa shape index (κ2) is 8.95. The first-order chi connectivity index (χ1) is 12.6. The number of pyridine rings is 1. The molecule has 1 aliphatic rings. The molecule has 1 aliphatic carbocycles. The number of benzene rings is 1. The number of esters is 1. The smallest absolute Gasteiger partial charge is 0.338 e. The number of carbonyl (C=O) groups is 1. The van der Waals surface area contributed by atoms with Crippen LogP contribution >= 0.6 is 0 Å². The minimum atomic E-state index is -0.203. The molecule has 1 heterocycles.